The van der Waals surface area contributed by atoms with Crippen molar-refractivity contribution >= 4 is 5.91 Å². The lowest BCUT2D eigenvalue weighted by Gasteiger charge is -2.36. The molecule has 2 rings (SSSR count). The topological polar surface area (TPSA) is 32.3 Å². The summed E-state index contributed by atoms with van der Waals surface area (Å²) in [4.78, 5) is 13.4. The fourth-order valence-corrected chi connectivity index (χ4v) is 3.09. The molecule has 2 aliphatic rings. The summed E-state index contributed by atoms with van der Waals surface area (Å²) in [5, 5.41) is 3.42. The minimum absolute atomic E-state index is 0.347. The maximum Gasteiger partial charge on any atom is 0.389 e. The number of likely N-dealkylation sites (tertiary alicyclic amines) is 1. The Hall–Kier alpha value is -0.780. The maximum absolute atomic E-state index is 12.1. The molecule has 2 unspecified atom stereocenters. The number of nitrogens with one attached hydrogen (secondary N) is 1. The van der Waals surface area contributed by atoms with Crippen LogP contribution in [-0.2, 0) is 4.79 Å². The Balaban J connectivity index is 1.81. The molecule has 0 bridgehead atoms. The van der Waals surface area contributed by atoms with Gasteiger partial charge in [0, 0.05) is 25.6 Å². The molecule has 0 aromatic carbocycles. The highest BCUT2D eigenvalue weighted by atomic mass is 19.4. The third-order valence-corrected chi connectivity index (χ3v) is 4.10. The van der Waals surface area contributed by atoms with Crippen molar-refractivity contribution in [3.05, 3.63) is 0 Å². The summed E-state index contributed by atoms with van der Waals surface area (Å²) < 4.78 is 36.4. The van der Waals surface area contributed by atoms with Crippen LogP contribution in [0, 0.1) is 5.92 Å². The molecule has 2 fully saturated rings. The first-order valence-electron chi connectivity index (χ1n) is 7.03. The van der Waals surface area contributed by atoms with E-state index < -0.39 is 19.0 Å². The molecule has 0 aromatic heterocycles. The molecular weight excluding hydrogens is 257 g/mol. The van der Waals surface area contributed by atoms with Crippen LogP contribution in [0.3, 0.4) is 0 Å². The van der Waals surface area contributed by atoms with Gasteiger partial charge in [0.2, 0.25) is 5.91 Å². The molecule has 19 heavy (non-hydrogen) atoms. The summed E-state index contributed by atoms with van der Waals surface area (Å²) in [5.41, 5.74) is 0. The molecule has 6 heteroatoms. The Labute approximate surface area is 111 Å². The van der Waals surface area contributed by atoms with Crippen LogP contribution in [-0.4, -0.2) is 42.7 Å². The van der Waals surface area contributed by atoms with Gasteiger partial charge < -0.3 is 10.2 Å². The number of nitrogens with zero attached hydrogens (tertiary/aromatic N) is 1. The van der Waals surface area contributed by atoms with Gasteiger partial charge in [0.05, 0.1) is 6.42 Å². The van der Waals surface area contributed by atoms with Gasteiger partial charge in [-0.15, -0.1) is 0 Å². The zero-order chi connectivity index (χ0) is 13.9. The number of hydrogen-bond donors (Lipinski definition) is 1. The van der Waals surface area contributed by atoms with Crippen molar-refractivity contribution in [2.75, 3.05) is 19.6 Å². The third-order valence-electron chi connectivity index (χ3n) is 4.10. The van der Waals surface area contributed by atoms with E-state index in [0.29, 0.717) is 25.0 Å². The molecule has 3 nitrogen and oxygen atoms in total. The molecule has 1 amide bonds. The molecule has 0 saturated carbocycles. The molecule has 0 radical (unpaired) electrons. The number of amides is 1. The van der Waals surface area contributed by atoms with Gasteiger partial charge >= 0.3 is 6.18 Å². The average molecular weight is 278 g/mol. The van der Waals surface area contributed by atoms with Gasteiger partial charge in [0.15, 0.2) is 0 Å². The van der Waals surface area contributed by atoms with Crippen LogP contribution in [0.15, 0.2) is 0 Å². The molecule has 0 aliphatic carbocycles. The lowest BCUT2D eigenvalue weighted by atomic mass is 9.89. The summed E-state index contributed by atoms with van der Waals surface area (Å²) in [6.07, 6.45) is -1.40. The van der Waals surface area contributed by atoms with E-state index in [-0.39, 0.29) is 5.91 Å². The van der Waals surface area contributed by atoms with E-state index in [0.717, 1.165) is 32.2 Å². The van der Waals surface area contributed by atoms with Crippen molar-refractivity contribution in [2.45, 2.75) is 50.7 Å². The Morgan fingerprint density at radius 3 is 2.68 bits per heavy atom. The van der Waals surface area contributed by atoms with Crippen molar-refractivity contribution < 1.29 is 18.0 Å². The highest BCUT2D eigenvalue weighted by Gasteiger charge is 2.33. The quantitative estimate of drug-likeness (QED) is 0.859. The number of carbonyl (C=O) groups excluding carboxylic acids is 1. The number of alkyl halides is 3. The van der Waals surface area contributed by atoms with E-state index in [1.807, 2.05) is 0 Å². The van der Waals surface area contributed by atoms with Crippen molar-refractivity contribution in [1.29, 1.82) is 0 Å². The van der Waals surface area contributed by atoms with Gasteiger partial charge in [-0.2, -0.15) is 13.2 Å². The van der Waals surface area contributed by atoms with E-state index in [1.54, 1.807) is 4.90 Å². The molecule has 2 saturated heterocycles. The minimum atomic E-state index is -4.24. The van der Waals surface area contributed by atoms with Crippen molar-refractivity contribution in [3.63, 3.8) is 0 Å². The van der Waals surface area contributed by atoms with E-state index in [2.05, 4.69) is 5.32 Å². The molecule has 110 valence electrons. The zero-order valence-corrected chi connectivity index (χ0v) is 11.0. The van der Waals surface area contributed by atoms with E-state index >= 15 is 0 Å². The zero-order valence-electron chi connectivity index (χ0n) is 11.0. The first-order chi connectivity index (χ1) is 8.96. The Morgan fingerprint density at radius 2 is 2.05 bits per heavy atom. The molecule has 0 spiro atoms. The highest BCUT2D eigenvalue weighted by molar-refractivity contribution is 5.76. The van der Waals surface area contributed by atoms with Crippen LogP contribution in [0.5, 0.6) is 0 Å². The predicted octanol–water partition coefficient (Wildman–Crippen LogP) is 2.32. The Kier molecular flexibility index (Phi) is 4.71. The fourth-order valence-electron chi connectivity index (χ4n) is 3.09. The van der Waals surface area contributed by atoms with E-state index in [4.69, 9.17) is 0 Å². The molecule has 2 atom stereocenters. The highest BCUT2D eigenvalue weighted by Crippen LogP contribution is 2.26. The van der Waals surface area contributed by atoms with E-state index in [9.17, 15) is 18.0 Å². The second kappa shape index (κ2) is 6.11. The van der Waals surface area contributed by atoms with Crippen molar-refractivity contribution in [2.24, 2.45) is 5.92 Å². The molecule has 2 aliphatic heterocycles. The van der Waals surface area contributed by atoms with Crippen LogP contribution in [0.2, 0.25) is 0 Å². The molecule has 2 heterocycles. The minimum Gasteiger partial charge on any atom is -0.342 e. The van der Waals surface area contributed by atoms with Crippen molar-refractivity contribution in [1.82, 2.24) is 10.2 Å². The van der Waals surface area contributed by atoms with Crippen LogP contribution < -0.4 is 5.32 Å². The fraction of sp³-hybridized carbons (Fsp3) is 0.923. The largest absolute Gasteiger partial charge is 0.389 e. The Morgan fingerprint density at radius 1 is 1.26 bits per heavy atom. The van der Waals surface area contributed by atoms with Gasteiger partial charge in [0.25, 0.3) is 0 Å². The summed E-state index contributed by atoms with van der Waals surface area (Å²) in [5.74, 6) is 0.0612. The van der Waals surface area contributed by atoms with Gasteiger partial charge in [0.1, 0.15) is 0 Å². The van der Waals surface area contributed by atoms with Crippen LogP contribution in [0.1, 0.15) is 38.5 Å². The second-order valence-electron chi connectivity index (χ2n) is 5.56. The molecular formula is C13H21F3N2O. The first kappa shape index (κ1) is 14.6. The monoisotopic (exact) mass is 278 g/mol. The first-order valence-corrected chi connectivity index (χ1v) is 7.03. The van der Waals surface area contributed by atoms with E-state index in [1.165, 1.54) is 0 Å². The van der Waals surface area contributed by atoms with Crippen LogP contribution in [0.25, 0.3) is 0 Å². The van der Waals surface area contributed by atoms with Gasteiger partial charge in [-0.25, -0.2) is 0 Å². The second-order valence-corrected chi connectivity index (χ2v) is 5.56. The summed E-state index contributed by atoms with van der Waals surface area (Å²) in [6, 6.07) is 0.443. The molecule has 1 N–H and O–H groups in total. The van der Waals surface area contributed by atoms with Crippen LogP contribution in [0.4, 0.5) is 13.2 Å². The number of carbonyl (C=O) groups is 1. The number of halogens is 3. The Bertz CT molecular complexity index is 314. The lowest BCUT2D eigenvalue weighted by molar-refractivity contribution is -0.150. The number of rotatable bonds is 3. The maximum atomic E-state index is 12.1. The third kappa shape index (κ3) is 4.37. The van der Waals surface area contributed by atoms with Gasteiger partial charge in [-0.3, -0.25) is 4.79 Å². The van der Waals surface area contributed by atoms with Crippen molar-refractivity contribution in [3.8, 4) is 0 Å². The standard InChI is InChI=1S/C13H21F3N2O/c14-13(15,16)6-5-12(19)18-8-2-3-10(9-18)11-4-1-7-17-11/h10-11,17H,1-9H2. The normalized spacial score (nSPS) is 28.7. The summed E-state index contributed by atoms with van der Waals surface area (Å²) in [6.45, 7) is 2.25. The summed E-state index contributed by atoms with van der Waals surface area (Å²) in [7, 11) is 0. The average Bonchev–Trinajstić information content (AvgIpc) is 2.89. The smallest absolute Gasteiger partial charge is 0.342 e. The van der Waals surface area contributed by atoms with Gasteiger partial charge in [-0.05, 0) is 38.1 Å². The predicted molar refractivity (Wildman–Crippen MR) is 65.6 cm³/mol. The SMILES string of the molecule is O=C(CCC(F)(F)F)N1CCCC(C2CCCN2)C1. The number of piperidine rings is 1. The number of hydrogen-bond acceptors (Lipinski definition) is 2. The molecule has 0 aromatic rings. The van der Waals surface area contributed by atoms with Crippen LogP contribution >= 0.6 is 0 Å². The summed E-state index contributed by atoms with van der Waals surface area (Å²) >= 11 is 0. The lowest BCUT2D eigenvalue weighted by Crippen LogP contribution is -2.46. The van der Waals surface area contributed by atoms with Gasteiger partial charge in [-0.1, -0.05) is 0 Å².